The maximum Gasteiger partial charge on any atom is 0.258 e. The van der Waals surface area contributed by atoms with Gasteiger partial charge in [0.05, 0.1) is 11.7 Å². The summed E-state index contributed by atoms with van der Waals surface area (Å²) in [7, 11) is 0. The molecule has 0 unspecified atom stereocenters. The van der Waals surface area contributed by atoms with Gasteiger partial charge in [0.2, 0.25) is 5.95 Å². The van der Waals surface area contributed by atoms with Gasteiger partial charge in [0.25, 0.3) is 5.91 Å². The Bertz CT molecular complexity index is 906. The SMILES string of the molecule is Cc1ccccc1NC(=O)c1cnc(Nc2ccc(OC(C)C)cc2)nc1. The van der Waals surface area contributed by atoms with Crippen LogP contribution in [0.15, 0.2) is 60.9 Å². The number of benzene rings is 2. The number of ether oxygens (including phenoxy) is 1. The van der Waals surface area contributed by atoms with E-state index in [-0.39, 0.29) is 12.0 Å². The maximum absolute atomic E-state index is 12.3. The molecule has 1 amide bonds. The molecular weight excluding hydrogens is 340 g/mol. The lowest BCUT2D eigenvalue weighted by Crippen LogP contribution is -2.13. The van der Waals surface area contributed by atoms with E-state index in [1.165, 1.54) is 12.4 Å². The first-order valence-corrected chi connectivity index (χ1v) is 8.74. The molecule has 1 heterocycles. The number of anilines is 3. The Morgan fingerprint density at radius 2 is 1.67 bits per heavy atom. The van der Waals surface area contributed by atoms with Crippen molar-refractivity contribution in [1.29, 1.82) is 0 Å². The van der Waals surface area contributed by atoms with E-state index in [4.69, 9.17) is 4.74 Å². The second kappa shape index (κ2) is 8.31. The lowest BCUT2D eigenvalue weighted by atomic mass is 10.2. The standard InChI is InChI=1S/C21H22N4O2/c1-14(2)27-18-10-8-17(9-11-18)24-21-22-12-16(13-23-21)20(26)25-19-7-5-4-6-15(19)3/h4-14H,1-3H3,(H,25,26)(H,22,23,24). The number of carbonyl (C=O) groups is 1. The van der Waals surface area contributed by atoms with Crippen molar-refractivity contribution in [3.63, 3.8) is 0 Å². The third kappa shape index (κ3) is 5.04. The predicted molar refractivity (Wildman–Crippen MR) is 107 cm³/mol. The minimum absolute atomic E-state index is 0.130. The molecule has 0 aliphatic heterocycles. The normalized spacial score (nSPS) is 10.5. The first kappa shape index (κ1) is 18.4. The van der Waals surface area contributed by atoms with Crippen molar-refractivity contribution in [1.82, 2.24) is 9.97 Å². The number of hydrogen-bond acceptors (Lipinski definition) is 5. The molecule has 1 aromatic heterocycles. The number of nitrogens with one attached hydrogen (secondary N) is 2. The molecule has 0 aliphatic carbocycles. The van der Waals surface area contributed by atoms with Gasteiger partial charge in [0.1, 0.15) is 5.75 Å². The number of para-hydroxylation sites is 1. The highest BCUT2D eigenvalue weighted by molar-refractivity contribution is 6.04. The Hall–Kier alpha value is -3.41. The zero-order chi connectivity index (χ0) is 19.2. The number of hydrogen-bond donors (Lipinski definition) is 2. The van der Waals surface area contributed by atoms with Gasteiger partial charge in [0, 0.05) is 23.8 Å². The molecule has 3 rings (SSSR count). The molecule has 2 aromatic carbocycles. The van der Waals surface area contributed by atoms with Gasteiger partial charge in [-0.2, -0.15) is 0 Å². The fourth-order valence-corrected chi connectivity index (χ4v) is 2.44. The summed E-state index contributed by atoms with van der Waals surface area (Å²) in [4.78, 5) is 20.8. The van der Waals surface area contributed by atoms with Crippen LogP contribution in [-0.2, 0) is 0 Å². The molecule has 6 heteroatoms. The highest BCUT2D eigenvalue weighted by atomic mass is 16.5. The van der Waals surface area contributed by atoms with E-state index < -0.39 is 0 Å². The summed E-state index contributed by atoms with van der Waals surface area (Å²) in [5, 5.41) is 5.96. The molecule has 0 bridgehead atoms. The van der Waals surface area contributed by atoms with Gasteiger partial charge in [-0.15, -0.1) is 0 Å². The molecule has 0 saturated heterocycles. The first-order chi connectivity index (χ1) is 13.0. The van der Waals surface area contributed by atoms with E-state index in [1.807, 2.05) is 69.3 Å². The third-order valence-electron chi connectivity index (χ3n) is 3.79. The van der Waals surface area contributed by atoms with Crippen LogP contribution in [0.25, 0.3) is 0 Å². The van der Waals surface area contributed by atoms with Gasteiger partial charge >= 0.3 is 0 Å². The molecule has 0 spiro atoms. The molecule has 0 radical (unpaired) electrons. The Morgan fingerprint density at radius 1 is 1.00 bits per heavy atom. The van der Waals surface area contributed by atoms with Crippen molar-refractivity contribution < 1.29 is 9.53 Å². The van der Waals surface area contributed by atoms with E-state index in [0.29, 0.717) is 11.5 Å². The monoisotopic (exact) mass is 362 g/mol. The second-order valence-electron chi connectivity index (χ2n) is 6.38. The molecule has 2 N–H and O–H groups in total. The largest absolute Gasteiger partial charge is 0.491 e. The van der Waals surface area contributed by atoms with Crippen molar-refractivity contribution in [3.8, 4) is 5.75 Å². The van der Waals surface area contributed by atoms with Crippen LogP contribution in [0.1, 0.15) is 29.8 Å². The quantitative estimate of drug-likeness (QED) is 0.672. The van der Waals surface area contributed by atoms with Gasteiger partial charge in [0.15, 0.2) is 0 Å². The van der Waals surface area contributed by atoms with Crippen LogP contribution in [-0.4, -0.2) is 22.0 Å². The average Bonchev–Trinajstić information content (AvgIpc) is 2.65. The van der Waals surface area contributed by atoms with Crippen molar-refractivity contribution in [2.75, 3.05) is 10.6 Å². The van der Waals surface area contributed by atoms with Crippen LogP contribution in [0.5, 0.6) is 5.75 Å². The predicted octanol–water partition coefficient (Wildman–Crippen LogP) is 4.57. The van der Waals surface area contributed by atoms with Crippen molar-refractivity contribution in [2.24, 2.45) is 0 Å². The van der Waals surface area contributed by atoms with Crippen LogP contribution in [0.4, 0.5) is 17.3 Å². The smallest absolute Gasteiger partial charge is 0.258 e. The van der Waals surface area contributed by atoms with Gasteiger partial charge in [-0.25, -0.2) is 9.97 Å². The van der Waals surface area contributed by atoms with E-state index >= 15 is 0 Å². The highest BCUT2D eigenvalue weighted by Gasteiger charge is 2.09. The van der Waals surface area contributed by atoms with Crippen LogP contribution >= 0.6 is 0 Å². The van der Waals surface area contributed by atoms with E-state index in [9.17, 15) is 4.79 Å². The van der Waals surface area contributed by atoms with E-state index in [1.54, 1.807) is 0 Å². The summed E-state index contributed by atoms with van der Waals surface area (Å²) in [5.74, 6) is 0.977. The number of aryl methyl sites for hydroxylation is 1. The molecule has 6 nitrogen and oxygen atoms in total. The van der Waals surface area contributed by atoms with E-state index in [0.717, 1.165) is 22.7 Å². The van der Waals surface area contributed by atoms with Crippen molar-refractivity contribution >= 4 is 23.2 Å². The van der Waals surface area contributed by atoms with E-state index in [2.05, 4.69) is 20.6 Å². The first-order valence-electron chi connectivity index (χ1n) is 8.74. The lowest BCUT2D eigenvalue weighted by Gasteiger charge is -2.11. The van der Waals surface area contributed by atoms with Crippen LogP contribution in [0, 0.1) is 6.92 Å². The summed E-state index contributed by atoms with van der Waals surface area (Å²) in [6, 6.07) is 15.1. The highest BCUT2D eigenvalue weighted by Crippen LogP contribution is 2.19. The molecular formula is C21H22N4O2. The van der Waals surface area contributed by atoms with Gasteiger partial charge < -0.3 is 15.4 Å². The zero-order valence-electron chi connectivity index (χ0n) is 15.6. The zero-order valence-corrected chi connectivity index (χ0v) is 15.6. The molecule has 27 heavy (non-hydrogen) atoms. The van der Waals surface area contributed by atoms with Gasteiger partial charge in [-0.3, -0.25) is 4.79 Å². The summed E-state index contributed by atoms with van der Waals surface area (Å²) >= 11 is 0. The summed E-state index contributed by atoms with van der Waals surface area (Å²) in [6.07, 6.45) is 3.13. The number of nitrogens with zero attached hydrogens (tertiary/aromatic N) is 2. The Labute approximate surface area is 158 Å². The van der Waals surface area contributed by atoms with Crippen LogP contribution in [0.2, 0.25) is 0 Å². The van der Waals surface area contributed by atoms with Crippen LogP contribution < -0.4 is 15.4 Å². The molecule has 0 aliphatic rings. The fourth-order valence-electron chi connectivity index (χ4n) is 2.44. The molecule has 3 aromatic rings. The maximum atomic E-state index is 12.3. The van der Waals surface area contributed by atoms with Crippen molar-refractivity contribution in [3.05, 3.63) is 72.1 Å². The third-order valence-corrected chi connectivity index (χ3v) is 3.79. The summed E-state index contributed by atoms with van der Waals surface area (Å²) in [6.45, 7) is 5.91. The molecule has 0 atom stereocenters. The Kier molecular flexibility index (Phi) is 5.66. The Balaban J connectivity index is 1.63. The van der Waals surface area contributed by atoms with Gasteiger partial charge in [-0.1, -0.05) is 18.2 Å². The number of aromatic nitrogens is 2. The molecule has 0 saturated carbocycles. The van der Waals surface area contributed by atoms with Gasteiger partial charge in [-0.05, 0) is 56.7 Å². The number of amides is 1. The fraction of sp³-hybridized carbons (Fsp3) is 0.190. The molecule has 0 fully saturated rings. The van der Waals surface area contributed by atoms with Crippen LogP contribution in [0.3, 0.4) is 0 Å². The minimum atomic E-state index is -0.244. The Morgan fingerprint density at radius 3 is 2.30 bits per heavy atom. The second-order valence-corrected chi connectivity index (χ2v) is 6.38. The molecule has 138 valence electrons. The summed E-state index contributed by atoms with van der Waals surface area (Å²) < 4.78 is 5.62. The topological polar surface area (TPSA) is 76.1 Å². The number of rotatable bonds is 6. The summed E-state index contributed by atoms with van der Waals surface area (Å²) in [5.41, 5.74) is 3.00. The van der Waals surface area contributed by atoms with Crippen molar-refractivity contribution in [2.45, 2.75) is 26.9 Å². The number of carbonyl (C=O) groups excluding carboxylic acids is 1. The lowest BCUT2D eigenvalue weighted by molar-refractivity contribution is 0.102. The average molecular weight is 362 g/mol. The minimum Gasteiger partial charge on any atom is -0.491 e.